The summed E-state index contributed by atoms with van der Waals surface area (Å²) in [5.74, 6) is -0.704. The van der Waals surface area contributed by atoms with Gasteiger partial charge in [-0.05, 0) is 30.3 Å². The van der Waals surface area contributed by atoms with E-state index in [0.29, 0.717) is 21.9 Å². The number of hydrogen-bond donors (Lipinski definition) is 0. The van der Waals surface area contributed by atoms with E-state index in [1.165, 1.54) is 13.2 Å². The van der Waals surface area contributed by atoms with E-state index in [1.807, 2.05) is 0 Å². The van der Waals surface area contributed by atoms with Gasteiger partial charge in [0.1, 0.15) is 5.75 Å². The molecule has 3 aromatic rings. The highest BCUT2D eigenvalue weighted by Crippen LogP contribution is 2.20. The van der Waals surface area contributed by atoms with E-state index in [0.717, 1.165) is 4.57 Å². The number of methoxy groups -OCH3 is 1. The molecular weight excluding hydrogens is 294 g/mol. The van der Waals surface area contributed by atoms with Crippen LogP contribution in [0.2, 0.25) is 5.02 Å². The molecule has 21 heavy (non-hydrogen) atoms. The highest BCUT2D eigenvalue weighted by Gasteiger charge is 2.18. The lowest BCUT2D eigenvalue weighted by molar-refractivity contribution is 0.0956. The fourth-order valence-corrected chi connectivity index (χ4v) is 2.23. The van der Waals surface area contributed by atoms with E-state index in [4.69, 9.17) is 20.8 Å². The molecule has 5 nitrogen and oxygen atoms in total. The van der Waals surface area contributed by atoms with Gasteiger partial charge in [0.05, 0.1) is 12.6 Å². The van der Waals surface area contributed by atoms with Crippen molar-refractivity contribution in [3.8, 4) is 5.75 Å². The molecule has 2 aromatic carbocycles. The summed E-state index contributed by atoms with van der Waals surface area (Å²) in [6, 6.07) is 11.2. The maximum atomic E-state index is 12.5. The van der Waals surface area contributed by atoms with Crippen LogP contribution in [0.3, 0.4) is 0 Å². The number of fused-ring (bicyclic) bond motifs is 1. The number of halogens is 1. The van der Waals surface area contributed by atoms with Gasteiger partial charge in [0.2, 0.25) is 0 Å². The Morgan fingerprint density at radius 1 is 1.24 bits per heavy atom. The molecule has 0 aliphatic carbocycles. The number of carbonyl (C=O) groups is 1. The van der Waals surface area contributed by atoms with E-state index in [-0.39, 0.29) is 5.58 Å². The van der Waals surface area contributed by atoms with Gasteiger partial charge in [-0.2, -0.15) is 0 Å². The Kier molecular flexibility index (Phi) is 3.27. The molecule has 0 aliphatic rings. The van der Waals surface area contributed by atoms with Crippen molar-refractivity contribution in [2.24, 2.45) is 0 Å². The van der Waals surface area contributed by atoms with Crippen molar-refractivity contribution in [3.05, 3.63) is 63.6 Å². The fourth-order valence-electron chi connectivity index (χ4n) is 2.07. The van der Waals surface area contributed by atoms with Crippen molar-refractivity contribution in [1.82, 2.24) is 4.57 Å². The van der Waals surface area contributed by atoms with Crippen molar-refractivity contribution in [1.29, 1.82) is 0 Å². The molecule has 106 valence electrons. The number of oxazole rings is 1. The van der Waals surface area contributed by atoms with Crippen molar-refractivity contribution in [3.63, 3.8) is 0 Å². The number of hydrogen-bond acceptors (Lipinski definition) is 4. The Morgan fingerprint density at radius 3 is 2.81 bits per heavy atom. The van der Waals surface area contributed by atoms with Gasteiger partial charge in [-0.1, -0.05) is 17.7 Å². The number of aromatic nitrogens is 1. The molecule has 0 N–H and O–H groups in total. The summed E-state index contributed by atoms with van der Waals surface area (Å²) in [5, 5.41) is 0.428. The second-order valence-corrected chi connectivity index (χ2v) is 4.79. The van der Waals surface area contributed by atoms with Crippen LogP contribution in [-0.4, -0.2) is 17.6 Å². The molecule has 1 heterocycles. The number of rotatable bonds is 2. The Balaban J connectivity index is 2.17. The van der Waals surface area contributed by atoms with Gasteiger partial charge >= 0.3 is 5.76 Å². The van der Waals surface area contributed by atoms with Gasteiger partial charge < -0.3 is 9.15 Å². The first-order valence-electron chi connectivity index (χ1n) is 6.10. The van der Waals surface area contributed by atoms with Crippen molar-refractivity contribution in [2.45, 2.75) is 0 Å². The van der Waals surface area contributed by atoms with Crippen LogP contribution >= 0.6 is 11.6 Å². The molecular formula is C15H10ClNO4. The van der Waals surface area contributed by atoms with Crippen LogP contribution in [0.5, 0.6) is 5.75 Å². The van der Waals surface area contributed by atoms with Crippen LogP contribution in [0, 0.1) is 0 Å². The van der Waals surface area contributed by atoms with Gasteiger partial charge in [-0.3, -0.25) is 4.79 Å². The standard InChI is InChI=1S/C15H10ClNO4/c1-20-11-4-2-3-9(7-11)14(18)17-12-6-5-10(16)8-13(12)21-15(17)19/h2-8H,1H3. The summed E-state index contributed by atoms with van der Waals surface area (Å²) in [6.07, 6.45) is 0. The number of nitrogens with zero attached hydrogens (tertiary/aromatic N) is 1. The van der Waals surface area contributed by atoms with Gasteiger partial charge in [0.15, 0.2) is 5.58 Å². The Morgan fingerprint density at radius 2 is 2.05 bits per heavy atom. The molecule has 0 amide bonds. The molecule has 0 spiro atoms. The molecule has 0 bridgehead atoms. The van der Waals surface area contributed by atoms with E-state index in [1.54, 1.807) is 36.4 Å². The van der Waals surface area contributed by atoms with E-state index in [2.05, 4.69) is 0 Å². The average Bonchev–Trinajstić information content (AvgIpc) is 2.81. The Bertz CT molecular complexity index is 894. The van der Waals surface area contributed by atoms with Gasteiger partial charge in [-0.25, -0.2) is 9.36 Å². The molecule has 0 saturated carbocycles. The van der Waals surface area contributed by atoms with Crippen molar-refractivity contribution in [2.75, 3.05) is 7.11 Å². The van der Waals surface area contributed by atoms with Crippen LogP contribution in [-0.2, 0) is 0 Å². The smallest absolute Gasteiger partial charge is 0.427 e. The van der Waals surface area contributed by atoms with E-state index < -0.39 is 11.7 Å². The van der Waals surface area contributed by atoms with E-state index >= 15 is 0 Å². The zero-order chi connectivity index (χ0) is 15.0. The molecule has 0 unspecified atom stereocenters. The quantitative estimate of drug-likeness (QED) is 0.730. The third-order valence-electron chi connectivity index (χ3n) is 3.06. The van der Waals surface area contributed by atoms with Crippen LogP contribution in [0.15, 0.2) is 51.7 Å². The lowest BCUT2D eigenvalue weighted by atomic mass is 10.2. The van der Waals surface area contributed by atoms with Crippen molar-refractivity contribution >= 4 is 28.6 Å². The summed E-state index contributed by atoms with van der Waals surface area (Å²) in [4.78, 5) is 24.4. The summed E-state index contributed by atoms with van der Waals surface area (Å²) >= 11 is 5.84. The van der Waals surface area contributed by atoms with E-state index in [9.17, 15) is 9.59 Å². The lowest BCUT2D eigenvalue weighted by Gasteiger charge is -2.04. The predicted octanol–water partition coefficient (Wildman–Crippen LogP) is 2.95. The summed E-state index contributed by atoms with van der Waals surface area (Å²) in [6.45, 7) is 0. The third kappa shape index (κ3) is 2.32. The van der Waals surface area contributed by atoms with Crippen LogP contribution < -0.4 is 10.5 Å². The fraction of sp³-hybridized carbons (Fsp3) is 0.0667. The molecule has 0 radical (unpaired) electrons. The zero-order valence-electron chi connectivity index (χ0n) is 11.0. The topological polar surface area (TPSA) is 61.4 Å². The van der Waals surface area contributed by atoms with Gasteiger partial charge in [0, 0.05) is 16.7 Å². The molecule has 3 rings (SSSR count). The Labute approximate surface area is 124 Å². The first-order chi connectivity index (χ1) is 10.1. The summed E-state index contributed by atoms with van der Waals surface area (Å²) < 4.78 is 11.1. The van der Waals surface area contributed by atoms with Gasteiger partial charge in [-0.15, -0.1) is 0 Å². The monoisotopic (exact) mass is 303 g/mol. The molecule has 0 saturated heterocycles. The number of carbonyl (C=O) groups excluding carboxylic acids is 1. The normalized spacial score (nSPS) is 10.8. The molecule has 0 fully saturated rings. The van der Waals surface area contributed by atoms with Crippen LogP contribution in [0.25, 0.3) is 11.1 Å². The predicted molar refractivity (Wildman–Crippen MR) is 78.2 cm³/mol. The van der Waals surface area contributed by atoms with Crippen LogP contribution in [0.1, 0.15) is 10.4 Å². The average molecular weight is 304 g/mol. The second-order valence-electron chi connectivity index (χ2n) is 4.35. The minimum absolute atomic E-state index is 0.267. The molecule has 6 heteroatoms. The first kappa shape index (κ1) is 13.5. The Hall–Kier alpha value is -2.53. The molecule has 1 aromatic heterocycles. The lowest BCUT2D eigenvalue weighted by Crippen LogP contribution is -2.23. The molecule has 0 atom stereocenters. The highest BCUT2D eigenvalue weighted by atomic mass is 35.5. The summed E-state index contributed by atoms with van der Waals surface area (Å²) in [7, 11) is 1.50. The zero-order valence-corrected chi connectivity index (χ0v) is 11.8. The van der Waals surface area contributed by atoms with Gasteiger partial charge in [0.25, 0.3) is 5.91 Å². The minimum atomic E-state index is -0.750. The highest BCUT2D eigenvalue weighted by molar-refractivity contribution is 6.31. The maximum absolute atomic E-state index is 12.5. The van der Waals surface area contributed by atoms with Crippen molar-refractivity contribution < 1.29 is 13.9 Å². The second kappa shape index (κ2) is 5.10. The van der Waals surface area contributed by atoms with Crippen LogP contribution in [0.4, 0.5) is 0 Å². The maximum Gasteiger partial charge on any atom is 0.427 e. The minimum Gasteiger partial charge on any atom is -0.497 e. The number of ether oxygens (including phenoxy) is 1. The molecule has 0 aliphatic heterocycles. The summed E-state index contributed by atoms with van der Waals surface area (Å²) in [5.41, 5.74) is 0.968. The first-order valence-corrected chi connectivity index (χ1v) is 6.48. The third-order valence-corrected chi connectivity index (χ3v) is 3.30. The number of benzene rings is 2. The largest absolute Gasteiger partial charge is 0.497 e. The SMILES string of the molecule is COc1cccc(C(=O)n2c(=O)oc3cc(Cl)ccc32)c1.